The second kappa shape index (κ2) is 14.7. The van der Waals surface area contributed by atoms with Crippen molar-refractivity contribution in [1.82, 2.24) is 0 Å². The molecule has 0 fully saturated rings. The fraction of sp³-hybridized carbons (Fsp3) is 0.222. The van der Waals surface area contributed by atoms with Gasteiger partial charge in [-0.3, -0.25) is 0 Å². The van der Waals surface area contributed by atoms with Gasteiger partial charge in [0.05, 0.1) is 29.9 Å². The van der Waals surface area contributed by atoms with Crippen LogP contribution in [-0.2, 0) is 18.9 Å². The first-order valence-corrected chi connectivity index (χ1v) is 11.5. The molecule has 3 rings (SSSR count). The Balaban J connectivity index is 0.000000344. The number of hydrogen-bond donors (Lipinski definition) is 5. The van der Waals surface area contributed by atoms with Gasteiger partial charge in [0.2, 0.25) is 6.29 Å². The Labute approximate surface area is 223 Å². The van der Waals surface area contributed by atoms with Crippen LogP contribution in [-0.4, -0.2) is 69.6 Å². The standard InChI is InChI=1S/C18H18O8.C9H10O4/c1-11(26-18(23)12-3-2-4-14(19)9-12)24-7-8-25-17(22)13-5-6-15(20)16(21)10-13;1-2-13-9(12)6-3-4-7(10)8(11)5-6/h2-6,9-11,19-21H,7-8H2,1H3;3-5,10-11H,2H2,1H3. The fourth-order valence-electron chi connectivity index (χ4n) is 2.83. The van der Waals surface area contributed by atoms with Gasteiger partial charge in [0.1, 0.15) is 12.4 Å². The van der Waals surface area contributed by atoms with Crippen molar-refractivity contribution in [3.63, 3.8) is 0 Å². The van der Waals surface area contributed by atoms with Crippen molar-refractivity contribution in [2.75, 3.05) is 19.8 Å². The largest absolute Gasteiger partial charge is 0.508 e. The molecule has 3 aromatic carbocycles. The molecule has 0 saturated carbocycles. The van der Waals surface area contributed by atoms with E-state index in [1.165, 1.54) is 55.5 Å². The Kier molecular flexibility index (Phi) is 11.4. The average molecular weight is 545 g/mol. The predicted octanol–water partition coefficient (Wildman–Crippen LogP) is 3.45. The minimum atomic E-state index is -0.888. The molecule has 0 bridgehead atoms. The van der Waals surface area contributed by atoms with Gasteiger partial charge in [0, 0.05) is 0 Å². The van der Waals surface area contributed by atoms with Crippen LogP contribution in [0.3, 0.4) is 0 Å². The van der Waals surface area contributed by atoms with E-state index in [1.807, 2.05) is 0 Å². The molecule has 5 N–H and O–H groups in total. The van der Waals surface area contributed by atoms with Gasteiger partial charge in [0.15, 0.2) is 23.0 Å². The van der Waals surface area contributed by atoms with Gasteiger partial charge in [-0.05, 0) is 68.4 Å². The zero-order chi connectivity index (χ0) is 28.9. The molecule has 0 radical (unpaired) electrons. The minimum absolute atomic E-state index is 0.0235. The highest BCUT2D eigenvalue weighted by molar-refractivity contribution is 5.91. The van der Waals surface area contributed by atoms with Gasteiger partial charge in [0.25, 0.3) is 0 Å². The normalized spacial score (nSPS) is 10.9. The average Bonchev–Trinajstić information content (AvgIpc) is 2.90. The van der Waals surface area contributed by atoms with E-state index in [2.05, 4.69) is 0 Å². The lowest BCUT2D eigenvalue weighted by Gasteiger charge is -2.14. The second-order valence-electron chi connectivity index (χ2n) is 7.66. The van der Waals surface area contributed by atoms with Crippen LogP contribution in [0.5, 0.6) is 28.7 Å². The van der Waals surface area contributed by atoms with Gasteiger partial charge in [-0.1, -0.05) is 6.07 Å². The summed E-state index contributed by atoms with van der Waals surface area (Å²) in [6.07, 6.45) is -0.888. The molecule has 0 saturated heterocycles. The third-order valence-corrected chi connectivity index (χ3v) is 4.72. The summed E-state index contributed by atoms with van der Waals surface area (Å²) in [5.41, 5.74) is 0.472. The number of phenols is 5. The van der Waals surface area contributed by atoms with Crippen LogP contribution in [0.4, 0.5) is 0 Å². The molecule has 0 spiro atoms. The summed E-state index contributed by atoms with van der Waals surface area (Å²) in [6, 6.07) is 13.0. The number of ether oxygens (including phenoxy) is 4. The minimum Gasteiger partial charge on any atom is -0.508 e. The molecule has 208 valence electrons. The molecule has 12 heteroatoms. The number of phenolic OH excluding ortho intramolecular Hbond substituents is 5. The Morgan fingerprint density at radius 2 is 1.21 bits per heavy atom. The molecular formula is C27H28O12. The van der Waals surface area contributed by atoms with Gasteiger partial charge >= 0.3 is 17.9 Å². The van der Waals surface area contributed by atoms with Gasteiger partial charge < -0.3 is 44.5 Å². The summed E-state index contributed by atoms with van der Waals surface area (Å²) in [5, 5.41) is 45.9. The van der Waals surface area contributed by atoms with E-state index < -0.39 is 29.9 Å². The third kappa shape index (κ3) is 9.78. The molecule has 0 aliphatic rings. The molecule has 0 aromatic heterocycles. The number of hydrogen-bond acceptors (Lipinski definition) is 12. The molecule has 0 heterocycles. The molecule has 1 atom stereocenters. The van der Waals surface area contributed by atoms with E-state index in [4.69, 9.17) is 29.2 Å². The van der Waals surface area contributed by atoms with E-state index in [0.29, 0.717) is 0 Å². The first-order valence-electron chi connectivity index (χ1n) is 11.5. The lowest BCUT2D eigenvalue weighted by atomic mass is 10.2. The monoisotopic (exact) mass is 544 g/mol. The molecule has 3 aromatic rings. The SMILES string of the molecule is CC(OCCOC(=O)c1ccc(O)c(O)c1)OC(=O)c1cccc(O)c1.CCOC(=O)c1ccc(O)c(O)c1. The van der Waals surface area contributed by atoms with Crippen molar-refractivity contribution >= 4 is 17.9 Å². The number of rotatable bonds is 9. The number of benzene rings is 3. The van der Waals surface area contributed by atoms with Crippen molar-refractivity contribution in [3.8, 4) is 28.7 Å². The summed E-state index contributed by atoms with van der Waals surface area (Å²) >= 11 is 0. The molecule has 1 unspecified atom stereocenters. The van der Waals surface area contributed by atoms with Crippen LogP contribution in [0.15, 0.2) is 60.7 Å². The summed E-state index contributed by atoms with van der Waals surface area (Å²) in [4.78, 5) is 34.7. The van der Waals surface area contributed by atoms with E-state index in [0.717, 1.165) is 12.1 Å². The summed E-state index contributed by atoms with van der Waals surface area (Å²) in [6.45, 7) is 3.35. The topological polar surface area (TPSA) is 189 Å². The molecule has 12 nitrogen and oxygen atoms in total. The van der Waals surface area contributed by atoms with Gasteiger partial charge in [-0.2, -0.15) is 0 Å². The maximum atomic E-state index is 11.8. The van der Waals surface area contributed by atoms with Crippen molar-refractivity contribution in [1.29, 1.82) is 0 Å². The van der Waals surface area contributed by atoms with Gasteiger partial charge in [-0.25, -0.2) is 14.4 Å². The van der Waals surface area contributed by atoms with E-state index >= 15 is 0 Å². The van der Waals surface area contributed by atoms with Crippen LogP contribution < -0.4 is 0 Å². The zero-order valence-electron chi connectivity index (χ0n) is 21.1. The lowest BCUT2D eigenvalue weighted by molar-refractivity contribution is -0.106. The number of carbonyl (C=O) groups is 3. The first-order chi connectivity index (χ1) is 18.5. The Morgan fingerprint density at radius 3 is 1.72 bits per heavy atom. The first kappa shape index (κ1) is 30.3. The quantitative estimate of drug-likeness (QED) is 0.0868. The van der Waals surface area contributed by atoms with Crippen molar-refractivity contribution < 1.29 is 58.9 Å². The highest BCUT2D eigenvalue weighted by Gasteiger charge is 2.14. The predicted molar refractivity (Wildman–Crippen MR) is 135 cm³/mol. The van der Waals surface area contributed by atoms with Gasteiger partial charge in [-0.15, -0.1) is 0 Å². The number of esters is 3. The lowest BCUT2D eigenvalue weighted by Crippen LogP contribution is -2.21. The summed E-state index contributed by atoms with van der Waals surface area (Å²) < 4.78 is 19.9. The maximum absolute atomic E-state index is 11.8. The maximum Gasteiger partial charge on any atom is 0.340 e. The Hall–Kier alpha value is -4.97. The van der Waals surface area contributed by atoms with Crippen molar-refractivity contribution in [2.24, 2.45) is 0 Å². The van der Waals surface area contributed by atoms with E-state index in [9.17, 15) is 29.7 Å². The summed E-state index contributed by atoms with van der Waals surface area (Å²) in [7, 11) is 0. The van der Waals surface area contributed by atoms with Crippen LogP contribution >= 0.6 is 0 Å². The molecule has 39 heavy (non-hydrogen) atoms. The second-order valence-corrected chi connectivity index (χ2v) is 7.66. The number of aromatic hydroxyl groups is 5. The molecule has 0 aliphatic carbocycles. The highest BCUT2D eigenvalue weighted by atomic mass is 16.7. The zero-order valence-corrected chi connectivity index (χ0v) is 21.1. The smallest absolute Gasteiger partial charge is 0.340 e. The van der Waals surface area contributed by atoms with Crippen LogP contribution in [0.1, 0.15) is 44.9 Å². The van der Waals surface area contributed by atoms with Crippen LogP contribution in [0.25, 0.3) is 0 Å². The fourth-order valence-corrected chi connectivity index (χ4v) is 2.83. The van der Waals surface area contributed by atoms with Crippen LogP contribution in [0, 0.1) is 0 Å². The molecule has 0 aliphatic heterocycles. The molecule has 0 amide bonds. The number of carbonyl (C=O) groups excluding carboxylic acids is 3. The highest BCUT2D eigenvalue weighted by Crippen LogP contribution is 2.26. The third-order valence-electron chi connectivity index (χ3n) is 4.72. The van der Waals surface area contributed by atoms with E-state index in [-0.39, 0.29) is 59.5 Å². The molecular weight excluding hydrogens is 516 g/mol. The van der Waals surface area contributed by atoms with Crippen LogP contribution in [0.2, 0.25) is 0 Å². The van der Waals surface area contributed by atoms with Crippen molar-refractivity contribution in [3.05, 3.63) is 77.4 Å². The van der Waals surface area contributed by atoms with Crippen molar-refractivity contribution in [2.45, 2.75) is 20.1 Å². The Bertz CT molecular complexity index is 1290. The summed E-state index contributed by atoms with van der Waals surface area (Å²) in [5.74, 6) is -3.29. The Morgan fingerprint density at radius 1 is 0.667 bits per heavy atom. The van der Waals surface area contributed by atoms with E-state index in [1.54, 1.807) is 6.92 Å².